The van der Waals surface area contributed by atoms with Gasteiger partial charge in [-0.2, -0.15) is 0 Å². The lowest BCUT2D eigenvalue weighted by atomic mass is 9.95. The predicted octanol–water partition coefficient (Wildman–Crippen LogP) is 2.21. The molecule has 0 spiro atoms. The van der Waals surface area contributed by atoms with Crippen LogP contribution >= 0.6 is 0 Å². The number of phenolic OH excluding ortho intramolecular Hbond substituents is 1. The predicted molar refractivity (Wildman–Crippen MR) is 83.5 cm³/mol. The molecule has 1 fully saturated rings. The first-order valence-electron chi connectivity index (χ1n) is 7.77. The van der Waals surface area contributed by atoms with Crippen LogP contribution in [0.15, 0.2) is 30.6 Å². The lowest BCUT2D eigenvalue weighted by Crippen LogP contribution is -2.39. The second-order valence-corrected chi connectivity index (χ2v) is 6.01. The highest BCUT2D eigenvalue weighted by molar-refractivity contribution is 5.79. The van der Waals surface area contributed by atoms with E-state index < -0.39 is 11.6 Å². The number of carbonyl (C=O) groups is 1. The van der Waals surface area contributed by atoms with E-state index in [4.69, 9.17) is 0 Å². The standard InChI is InChI=1S/C17H20FN3O2/c1-20-9-6-19-17(20)13-4-7-21(8-5-13)16(23)11-12-2-3-15(22)14(18)10-12/h2-3,6,9-10,13,22H,4-5,7-8,11H2,1H3. The molecule has 1 aromatic carbocycles. The van der Waals surface area contributed by atoms with Crippen LogP contribution in [0.25, 0.3) is 0 Å². The van der Waals surface area contributed by atoms with Gasteiger partial charge in [0.25, 0.3) is 0 Å². The van der Waals surface area contributed by atoms with Gasteiger partial charge in [0.2, 0.25) is 5.91 Å². The molecule has 0 bridgehead atoms. The largest absolute Gasteiger partial charge is 0.505 e. The minimum Gasteiger partial charge on any atom is -0.505 e. The van der Waals surface area contributed by atoms with Crippen LogP contribution < -0.4 is 0 Å². The molecular weight excluding hydrogens is 297 g/mol. The number of rotatable bonds is 3. The van der Waals surface area contributed by atoms with E-state index in [1.807, 2.05) is 22.7 Å². The van der Waals surface area contributed by atoms with Gasteiger partial charge in [-0.25, -0.2) is 9.37 Å². The number of hydrogen-bond donors (Lipinski definition) is 1. The number of halogens is 1. The van der Waals surface area contributed by atoms with Crippen molar-refractivity contribution in [1.82, 2.24) is 14.5 Å². The van der Waals surface area contributed by atoms with Crippen LogP contribution in [0.4, 0.5) is 4.39 Å². The number of likely N-dealkylation sites (tertiary alicyclic amines) is 1. The number of aromatic hydroxyl groups is 1. The Bertz CT molecular complexity index is 706. The quantitative estimate of drug-likeness (QED) is 0.944. The Kier molecular flexibility index (Phi) is 4.32. The summed E-state index contributed by atoms with van der Waals surface area (Å²) in [4.78, 5) is 18.6. The Morgan fingerprint density at radius 1 is 1.39 bits per heavy atom. The molecule has 1 amide bonds. The molecule has 23 heavy (non-hydrogen) atoms. The van der Waals surface area contributed by atoms with Gasteiger partial charge in [0.15, 0.2) is 11.6 Å². The fraction of sp³-hybridized carbons (Fsp3) is 0.412. The van der Waals surface area contributed by atoms with Gasteiger partial charge >= 0.3 is 0 Å². The maximum absolute atomic E-state index is 13.3. The molecule has 5 nitrogen and oxygen atoms in total. The summed E-state index contributed by atoms with van der Waals surface area (Å²) in [5.74, 6) is 0.358. The first-order valence-corrected chi connectivity index (χ1v) is 7.77. The molecular formula is C17H20FN3O2. The van der Waals surface area contributed by atoms with Crippen molar-refractivity contribution in [3.8, 4) is 5.75 Å². The Morgan fingerprint density at radius 2 is 2.13 bits per heavy atom. The summed E-state index contributed by atoms with van der Waals surface area (Å²) in [7, 11) is 1.99. The average Bonchev–Trinajstić information content (AvgIpc) is 2.97. The van der Waals surface area contributed by atoms with Crippen LogP contribution in [0.1, 0.15) is 30.1 Å². The third kappa shape index (κ3) is 3.36. The molecule has 2 aromatic rings. The number of carbonyl (C=O) groups excluding carboxylic acids is 1. The molecule has 6 heteroatoms. The Hall–Kier alpha value is -2.37. The summed E-state index contributed by atoms with van der Waals surface area (Å²) in [6.07, 6.45) is 5.67. The third-order valence-corrected chi connectivity index (χ3v) is 4.44. The number of amides is 1. The van der Waals surface area contributed by atoms with E-state index in [9.17, 15) is 14.3 Å². The normalized spacial score (nSPS) is 15.8. The molecule has 122 valence electrons. The number of phenols is 1. The molecule has 1 aromatic heterocycles. The van der Waals surface area contributed by atoms with Crippen LogP contribution in [-0.4, -0.2) is 38.6 Å². The first kappa shape index (κ1) is 15.5. The fourth-order valence-corrected chi connectivity index (χ4v) is 3.10. The smallest absolute Gasteiger partial charge is 0.226 e. The zero-order valence-electron chi connectivity index (χ0n) is 13.1. The lowest BCUT2D eigenvalue weighted by Gasteiger charge is -2.31. The molecule has 1 saturated heterocycles. The summed E-state index contributed by atoms with van der Waals surface area (Å²) in [5.41, 5.74) is 0.580. The van der Waals surface area contributed by atoms with Crippen molar-refractivity contribution in [2.75, 3.05) is 13.1 Å². The van der Waals surface area contributed by atoms with E-state index in [1.54, 1.807) is 12.3 Å². The van der Waals surface area contributed by atoms with E-state index >= 15 is 0 Å². The fourth-order valence-electron chi connectivity index (χ4n) is 3.10. The molecule has 2 heterocycles. The number of imidazole rings is 1. The number of benzene rings is 1. The minimum absolute atomic E-state index is 0.00613. The van der Waals surface area contributed by atoms with Crippen molar-refractivity contribution in [2.24, 2.45) is 7.05 Å². The van der Waals surface area contributed by atoms with Gasteiger partial charge in [-0.3, -0.25) is 4.79 Å². The van der Waals surface area contributed by atoms with Crippen LogP contribution in [0, 0.1) is 5.82 Å². The molecule has 1 aliphatic rings. The summed E-state index contributed by atoms with van der Waals surface area (Å²) >= 11 is 0. The minimum atomic E-state index is -0.691. The SMILES string of the molecule is Cn1ccnc1C1CCN(C(=O)Cc2ccc(O)c(F)c2)CC1. The molecule has 0 atom stereocenters. The monoisotopic (exact) mass is 317 g/mol. The Morgan fingerprint density at radius 3 is 2.74 bits per heavy atom. The summed E-state index contributed by atoms with van der Waals surface area (Å²) in [6.45, 7) is 1.38. The molecule has 1 N–H and O–H groups in total. The number of nitrogens with zero attached hydrogens (tertiary/aromatic N) is 3. The van der Waals surface area contributed by atoms with Crippen molar-refractivity contribution in [3.63, 3.8) is 0 Å². The van der Waals surface area contributed by atoms with Gasteiger partial charge in [0, 0.05) is 38.4 Å². The van der Waals surface area contributed by atoms with E-state index in [-0.39, 0.29) is 12.3 Å². The topological polar surface area (TPSA) is 58.4 Å². The zero-order chi connectivity index (χ0) is 16.4. The molecule has 0 radical (unpaired) electrons. The average molecular weight is 317 g/mol. The lowest BCUT2D eigenvalue weighted by molar-refractivity contribution is -0.131. The van der Waals surface area contributed by atoms with E-state index in [0.29, 0.717) is 24.6 Å². The maximum atomic E-state index is 13.3. The van der Waals surface area contributed by atoms with Crippen molar-refractivity contribution in [3.05, 3.63) is 47.8 Å². The van der Waals surface area contributed by atoms with Crippen LogP contribution in [0.3, 0.4) is 0 Å². The van der Waals surface area contributed by atoms with Gasteiger partial charge in [-0.1, -0.05) is 6.07 Å². The van der Waals surface area contributed by atoms with Crippen molar-refractivity contribution >= 4 is 5.91 Å². The maximum Gasteiger partial charge on any atom is 0.226 e. The van der Waals surface area contributed by atoms with E-state index in [1.165, 1.54) is 12.1 Å². The summed E-state index contributed by atoms with van der Waals surface area (Å²) in [5, 5.41) is 9.19. The molecule has 3 rings (SSSR count). The second-order valence-electron chi connectivity index (χ2n) is 6.01. The van der Waals surface area contributed by atoms with Gasteiger partial charge in [-0.15, -0.1) is 0 Å². The van der Waals surface area contributed by atoms with Gasteiger partial charge in [-0.05, 0) is 30.5 Å². The van der Waals surface area contributed by atoms with Crippen LogP contribution in [-0.2, 0) is 18.3 Å². The van der Waals surface area contributed by atoms with Gasteiger partial charge in [0.05, 0.1) is 6.42 Å². The van der Waals surface area contributed by atoms with Crippen LogP contribution in [0.5, 0.6) is 5.75 Å². The Labute approximate surface area is 134 Å². The first-order chi connectivity index (χ1) is 11.0. The number of aryl methyl sites for hydroxylation is 1. The molecule has 0 saturated carbocycles. The van der Waals surface area contributed by atoms with Crippen molar-refractivity contribution in [2.45, 2.75) is 25.2 Å². The van der Waals surface area contributed by atoms with Crippen molar-refractivity contribution in [1.29, 1.82) is 0 Å². The molecule has 0 unspecified atom stereocenters. The zero-order valence-corrected chi connectivity index (χ0v) is 13.1. The number of aromatic nitrogens is 2. The Balaban J connectivity index is 1.58. The van der Waals surface area contributed by atoms with Gasteiger partial charge in [0.1, 0.15) is 5.82 Å². The van der Waals surface area contributed by atoms with Crippen molar-refractivity contribution < 1.29 is 14.3 Å². The third-order valence-electron chi connectivity index (χ3n) is 4.44. The van der Waals surface area contributed by atoms with E-state index in [2.05, 4.69) is 4.98 Å². The highest BCUT2D eigenvalue weighted by Gasteiger charge is 2.25. The highest BCUT2D eigenvalue weighted by Crippen LogP contribution is 2.27. The highest BCUT2D eigenvalue weighted by atomic mass is 19.1. The summed E-state index contributed by atoms with van der Waals surface area (Å²) in [6, 6.07) is 4.08. The number of piperidine rings is 1. The molecule has 1 aliphatic heterocycles. The number of hydrogen-bond acceptors (Lipinski definition) is 3. The van der Waals surface area contributed by atoms with E-state index in [0.717, 1.165) is 18.7 Å². The second kappa shape index (κ2) is 6.40. The summed E-state index contributed by atoms with van der Waals surface area (Å²) < 4.78 is 15.4. The van der Waals surface area contributed by atoms with Crippen LogP contribution in [0.2, 0.25) is 0 Å². The molecule has 0 aliphatic carbocycles. The van der Waals surface area contributed by atoms with Gasteiger partial charge < -0.3 is 14.6 Å².